The van der Waals surface area contributed by atoms with Gasteiger partial charge in [-0.3, -0.25) is 0 Å². The number of likely N-dealkylation sites (tertiary alicyclic amines) is 1. The van der Waals surface area contributed by atoms with Gasteiger partial charge < -0.3 is 16.0 Å². The van der Waals surface area contributed by atoms with Gasteiger partial charge in [0, 0.05) is 19.1 Å². The largest absolute Gasteiger partial charge is 0.352 e. The molecule has 1 atom stereocenters. The van der Waals surface area contributed by atoms with Crippen LogP contribution in [0.1, 0.15) is 20.3 Å². The Balaban J connectivity index is 2.21. The molecule has 3 N–H and O–H groups in total. The maximum Gasteiger partial charge on any atom is 0.312 e. The van der Waals surface area contributed by atoms with Gasteiger partial charge >= 0.3 is 6.03 Å². The second-order valence-corrected chi connectivity index (χ2v) is 3.99. The first-order chi connectivity index (χ1) is 6.09. The van der Waals surface area contributed by atoms with Crippen molar-refractivity contribution >= 4 is 6.03 Å². The molecule has 0 aromatic rings. The summed E-state index contributed by atoms with van der Waals surface area (Å²) >= 11 is 0. The molecule has 1 fully saturated rings. The van der Waals surface area contributed by atoms with E-state index >= 15 is 0 Å². The highest BCUT2D eigenvalue weighted by molar-refractivity contribution is 5.71. The van der Waals surface area contributed by atoms with E-state index in [1.165, 1.54) is 6.42 Å². The number of nitrogens with two attached hydrogens (primary N) is 1. The van der Waals surface area contributed by atoms with Crippen LogP contribution in [-0.2, 0) is 0 Å². The van der Waals surface area contributed by atoms with Crippen LogP contribution >= 0.6 is 0 Å². The van der Waals surface area contributed by atoms with Crippen molar-refractivity contribution in [1.82, 2.24) is 10.2 Å². The summed E-state index contributed by atoms with van der Waals surface area (Å²) in [6, 6.07) is 0.196. The first-order valence-electron chi connectivity index (χ1n) is 4.87. The molecule has 4 nitrogen and oxygen atoms in total. The predicted molar refractivity (Wildman–Crippen MR) is 52.4 cm³/mol. The van der Waals surface area contributed by atoms with E-state index in [1.807, 2.05) is 0 Å². The highest BCUT2D eigenvalue weighted by atomic mass is 16.2. The Labute approximate surface area is 79.5 Å². The fourth-order valence-corrected chi connectivity index (χ4v) is 1.74. The molecule has 1 heterocycles. The van der Waals surface area contributed by atoms with E-state index in [9.17, 15) is 4.79 Å². The van der Waals surface area contributed by atoms with Crippen molar-refractivity contribution in [3.05, 3.63) is 0 Å². The van der Waals surface area contributed by atoms with E-state index in [-0.39, 0.29) is 0 Å². The van der Waals surface area contributed by atoms with Gasteiger partial charge in [-0.1, -0.05) is 0 Å². The highest BCUT2D eigenvalue weighted by Crippen LogP contribution is 2.17. The molecular weight excluding hydrogens is 166 g/mol. The van der Waals surface area contributed by atoms with Crippen LogP contribution in [0.4, 0.5) is 4.79 Å². The lowest BCUT2D eigenvalue weighted by molar-refractivity contribution is 0.244. The quantitative estimate of drug-likeness (QED) is 0.668. The maximum atomic E-state index is 10.5. The Morgan fingerprint density at radius 1 is 1.69 bits per heavy atom. The van der Waals surface area contributed by atoms with E-state index in [2.05, 4.69) is 24.1 Å². The Hall–Kier alpha value is -0.770. The molecule has 4 heteroatoms. The summed E-state index contributed by atoms with van der Waals surface area (Å²) in [5.41, 5.74) is 5.00. The van der Waals surface area contributed by atoms with Gasteiger partial charge in [0.25, 0.3) is 0 Å². The smallest absolute Gasteiger partial charge is 0.312 e. The third kappa shape index (κ3) is 3.22. The summed E-state index contributed by atoms with van der Waals surface area (Å²) in [4.78, 5) is 12.9. The van der Waals surface area contributed by atoms with Gasteiger partial charge in [-0.15, -0.1) is 0 Å². The van der Waals surface area contributed by atoms with Gasteiger partial charge in [-0.25, -0.2) is 4.79 Å². The first kappa shape index (κ1) is 10.3. The Kier molecular flexibility index (Phi) is 3.54. The number of urea groups is 1. The van der Waals surface area contributed by atoms with Crippen molar-refractivity contribution in [1.29, 1.82) is 0 Å². The zero-order valence-electron chi connectivity index (χ0n) is 8.42. The molecule has 0 bridgehead atoms. The fraction of sp³-hybridized carbons (Fsp3) is 0.889. The van der Waals surface area contributed by atoms with Crippen molar-refractivity contribution in [2.24, 2.45) is 11.7 Å². The zero-order chi connectivity index (χ0) is 9.84. The molecule has 1 aliphatic rings. The third-order valence-corrected chi connectivity index (χ3v) is 2.61. The molecule has 0 spiro atoms. The standard InChI is InChI=1S/C9H19N3O/c1-7(2)12-4-3-8(6-12)5-11-9(10)13/h7-8H,3-6H2,1-2H3,(H3,10,11,13). The van der Waals surface area contributed by atoms with Crippen LogP contribution in [-0.4, -0.2) is 36.6 Å². The molecule has 76 valence electrons. The topological polar surface area (TPSA) is 58.4 Å². The second-order valence-electron chi connectivity index (χ2n) is 3.99. The SMILES string of the molecule is CC(C)N1CCC(CNC(N)=O)C1. The van der Waals surface area contributed by atoms with E-state index in [1.54, 1.807) is 0 Å². The van der Waals surface area contributed by atoms with Crippen LogP contribution in [0.5, 0.6) is 0 Å². The monoisotopic (exact) mass is 185 g/mol. The van der Waals surface area contributed by atoms with Gasteiger partial charge in [-0.2, -0.15) is 0 Å². The number of hydrogen-bond donors (Lipinski definition) is 2. The molecule has 13 heavy (non-hydrogen) atoms. The summed E-state index contributed by atoms with van der Waals surface area (Å²) in [6.45, 7) is 7.34. The van der Waals surface area contributed by atoms with Gasteiger partial charge in [0.15, 0.2) is 0 Å². The van der Waals surface area contributed by atoms with Gasteiger partial charge in [0.05, 0.1) is 0 Å². The average Bonchev–Trinajstić information content (AvgIpc) is 2.48. The molecule has 1 rings (SSSR count). The highest BCUT2D eigenvalue weighted by Gasteiger charge is 2.23. The minimum atomic E-state index is -0.414. The van der Waals surface area contributed by atoms with Gasteiger partial charge in [-0.05, 0) is 32.7 Å². The number of amides is 2. The minimum absolute atomic E-state index is 0.414. The Morgan fingerprint density at radius 2 is 2.38 bits per heavy atom. The van der Waals surface area contributed by atoms with E-state index < -0.39 is 6.03 Å². The van der Waals surface area contributed by atoms with Crippen LogP contribution in [0, 0.1) is 5.92 Å². The molecular formula is C9H19N3O. The molecule has 0 radical (unpaired) electrons. The number of rotatable bonds is 3. The Bertz CT molecular complexity index is 182. The maximum absolute atomic E-state index is 10.5. The fourth-order valence-electron chi connectivity index (χ4n) is 1.74. The van der Waals surface area contributed by atoms with Crippen LogP contribution in [0.15, 0.2) is 0 Å². The van der Waals surface area contributed by atoms with Gasteiger partial charge in [0.1, 0.15) is 0 Å². The summed E-state index contributed by atoms with van der Waals surface area (Å²) in [5, 5.41) is 2.66. The molecule has 1 unspecified atom stereocenters. The van der Waals surface area contributed by atoms with Crippen molar-refractivity contribution in [2.45, 2.75) is 26.3 Å². The predicted octanol–water partition coefficient (Wildman–Crippen LogP) is 0.385. The van der Waals surface area contributed by atoms with Crippen molar-refractivity contribution in [2.75, 3.05) is 19.6 Å². The van der Waals surface area contributed by atoms with Crippen LogP contribution in [0.2, 0.25) is 0 Å². The van der Waals surface area contributed by atoms with E-state index in [0.29, 0.717) is 12.0 Å². The lowest BCUT2D eigenvalue weighted by atomic mass is 10.1. The number of nitrogens with zero attached hydrogens (tertiary/aromatic N) is 1. The van der Waals surface area contributed by atoms with Crippen LogP contribution in [0.3, 0.4) is 0 Å². The number of primary amides is 1. The molecule has 0 aromatic carbocycles. The third-order valence-electron chi connectivity index (χ3n) is 2.61. The molecule has 0 aromatic heterocycles. The van der Waals surface area contributed by atoms with Crippen LogP contribution in [0.25, 0.3) is 0 Å². The minimum Gasteiger partial charge on any atom is -0.352 e. The lowest BCUT2D eigenvalue weighted by Gasteiger charge is -2.20. The number of carbonyl (C=O) groups is 1. The molecule has 0 aliphatic carbocycles. The van der Waals surface area contributed by atoms with E-state index in [4.69, 9.17) is 5.73 Å². The van der Waals surface area contributed by atoms with Crippen molar-refractivity contribution in [3.8, 4) is 0 Å². The number of carbonyl (C=O) groups excluding carboxylic acids is 1. The van der Waals surface area contributed by atoms with Gasteiger partial charge in [0.2, 0.25) is 0 Å². The Morgan fingerprint density at radius 3 is 2.85 bits per heavy atom. The number of hydrogen-bond acceptors (Lipinski definition) is 2. The molecule has 1 saturated heterocycles. The summed E-state index contributed by atoms with van der Waals surface area (Å²) < 4.78 is 0. The molecule has 0 saturated carbocycles. The molecule has 1 aliphatic heterocycles. The lowest BCUT2D eigenvalue weighted by Crippen LogP contribution is -2.35. The van der Waals surface area contributed by atoms with Crippen LogP contribution < -0.4 is 11.1 Å². The number of nitrogens with one attached hydrogen (secondary N) is 1. The molecule has 2 amide bonds. The second kappa shape index (κ2) is 4.46. The van der Waals surface area contributed by atoms with E-state index in [0.717, 1.165) is 19.6 Å². The summed E-state index contributed by atoms with van der Waals surface area (Å²) in [7, 11) is 0. The van der Waals surface area contributed by atoms with Crippen molar-refractivity contribution in [3.63, 3.8) is 0 Å². The average molecular weight is 185 g/mol. The summed E-state index contributed by atoms with van der Waals surface area (Å²) in [5.74, 6) is 0.579. The zero-order valence-corrected chi connectivity index (χ0v) is 8.42. The normalized spacial score (nSPS) is 23.8. The summed E-state index contributed by atoms with van der Waals surface area (Å²) in [6.07, 6.45) is 1.17. The first-order valence-corrected chi connectivity index (χ1v) is 4.87. The van der Waals surface area contributed by atoms with Crippen molar-refractivity contribution < 1.29 is 4.79 Å².